The molecule has 1 aliphatic rings. The summed E-state index contributed by atoms with van der Waals surface area (Å²) in [6, 6.07) is 0. The van der Waals surface area contributed by atoms with Gasteiger partial charge in [0, 0.05) is 26.7 Å². The summed E-state index contributed by atoms with van der Waals surface area (Å²) in [5, 5.41) is 6.63. The predicted molar refractivity (Wildman–Crippen MR) is 85.4 cm³/mol. The molecule has 102 valence electrons. The van der Waals surface area contributed by atoms with Crippen molar-refractivity contribution < 1.29 is 0 Å². The number of likely N-dealkylation sites (tertiary alicyclic amines) is 1. The summed E-state index contributed by atoms with van der Waals surface area (Å²) in [5.74, 6) is 0.929. The SMILES string of the molecule is CCCNC(=NC)NCCN1CCCCC1.I. The number of hydrogen-bond acceptors (Lipinski definition) is 2. The molecular weight excluding hydrogens is 327 g/mol. The van der Waals surface area contributed by atoms with Gasteiger partial charge in [-0.1, -0.05) is 13.3 Å². The standard InChI is InChI=1S/C12H26N4.HI/c1-3-7-14-12(13-2)15-8-11-16-9-5-4-6-10-16;/h3-11H2,1-2H3,(H2,13,14,15);1H. The first-order valence-electron chi connectivity index (χ1n) is 6.53. The maximum Gasteiger partial charge on any atom is 0.191 e. The van der Waals surface area contributed by atoms with E-state index in [1.807, 2.05) is 7.05 Å². The van der Waals surface area contributed by atoms with Gasteiger partial charge in [0.05, 0.1) is 0 Å². The lowest BCUT2D eigenvalue weighted by atomic mass is 10.1. The van der Waals surface area contributed by atoms with Crippen LogP contribution in [0.15, 0.2) is 4.99 Å². The molecule has 2 N–H and O–H groups in total. The van der Waals surface area contributed by atoms with Gasteiger partial charge < -0.3 is 15.5 Å². The fourth-order valence-corrected chi connectivity index (χ4v) is 1.98. The Balaban J connectivity index is 0.00000256. The van der Waals surface area contributed by atoms with Crippen LogP contribution in [0.5, 0.6) is 0 Å². The average molecular weight is 354 g/mol. The van der Waals surface area contributed by atoms with Crippen LogP contribution in [-0.2, 0) is 0 Å². The summed E-state index contributed by atoms with van der Waals surface area (Å²) in [7, 11) is 1.83. The predicted octanol–water partition coefficient (Wildman–Crippen LogP) is 1.67. The summed E-state index contributed by atoms with van der Waals surface area (Å²) >= 11 is 0. The molecule has 0 aliphatic carbocycles. The highest BCUT2D eigenvalue weighted by Crippen LogP contribution is 2.07. The Hall–Kier alpha value is -0.0400. The Bertz CT molecular complexity index is 203. The van der Waals surface area contributed by atoms with Crippen molar-refractivity contribution in [1.82, 2.24) is 15.5 Å². The van der Waals surface area contributed by atoms with Crippen LogP contribution in [0, 0.1) is 0 Å². The normalized spacial score (nSPS) is 17.4. The fourth-order valence-electron chi connectivity index (χ4n) is 1.98. The maximum atomic E-state index is 4.18. The number of hydrogen-bond donors (Lipinski definition) is 2. The molecule has 0 bridgehead atoms. The van der Waals surface area contributed by atoms with Crippen molar-refractivity contribution in [3.63, 3.8) is 0 Å². The molecule has 1 saturated heterocycles. The molecular formula is C12H27IN4. The number of aliphatic imine (C=N–C) groups is 1. The van der Waals surface area contributed by atoms with E-state index in [-0.39, 0.29) is 24.0 Å². The van der Waals surface area contributed by atoms with Crippen LogP contribution >= 0.6 is 24.0 Å². The molecule has 0 atom stereocenters. The van der Waals surface area contributed by atoms with Gasteiger partial charge in [-0.15, -0.1) is 24.0 Å². The lowest BCUT2D eigenvalue weighted by molar-refractivity contribution is 0.232. The second-order valence-corrected chi connectivity index (χ2v) is 4.33. The summed E-state index contributed by atoms with van der Waals surface area (Å²) in [6.07, 6.45) is 5.27. The molecule has 0 saturated carbocycles. The minimum atomic E-state index is 0. The first-order valence-corrected chi connectivity index (χ1v) is 6.53. The third kappa shape index (κ3) is 7.81. The van der Waals surface area contributed by atoms with E-state index < -0.39 is 0 Å². The molecule has 1 fully saturated rings. The first kappa shape index (κ1) is 17.0. The topological polar surface area (TPSA) is 39.7 Å². The molecule has 0 amide bonds. The summed E-state index contributed by atoms with van der Waals surface area (Å²) in [5.41, 5.74) is 0. The van der Waals surface area contributed by atoms with Crippen LogP contribution in [0.25, 0.3) is 0 Å². The molecule has 0 aromatic heterocycles. The second kappa shape index (κ2) is 11.1. The highest BCUT2D eigenvalue weighted by Gasteiger charge is 2.08. The fraction of sp³-hybridized carbons (Fsp3) is 0.917. The Kier molecular flexibility index (Phi) is 11.0. The minimum Gasteiger partial charge on any atom is -0.356 e. The molecule has 17 heavy (non-hydrogen) atoms. The van der Waals surface area contributed by atoms with Crippen molar-refractivity contribution in [1.29, 1.82) is 0 Å². The molecule has 0 radical (unpaired) electrons. The van der Waals surface area contributed by atoms with E-state index in [0.29, 0.717) is 0 Å². The summed E-state index contributed by atoms with van der Waals surface area (Å²) < 4.78 is 0. The van der Waals surface area contributed by atoms with Crippen LogP contribution in [-0.4, -0.2) is 50.6 Å². The summed E-state index contributed by atoms with van der Waals surface area (Å²) in [4.78, 5) is 6.72. The Morgan fingerprint density at radius 3 is 2.35 bits per heavy atom. The van der Waals surface area contributed by atoms with Gasteiger partial charge in [0.15, 0.2) is 5.96 Å². The molecule has 0 unspecified atom stereocenters. The molecule has 1 heterocycles. The monoisotopic (exact) mass is 354 g/mol. The minimum absolute atomic E-state index is 0. The highest BCUT2D eigenvalue weighted by molar-refractivity contribution is 14.0. The van der Waals surface area contributed by atoms with Crippen molar-refractivity contribution in [2.45, 2.75) is 32.6 Å². The average Bonchev–Trinajstić information content (AvgIpc) is 2.35. The molecule has 1 rings (SSSR count). The maximum absolute atomic E-state index is 4.18. The van der Waals surface area contributed by atoms with E-state index in [1.165, 1.54) is 32.4 Å². The molecule has 5 heteroatoms. The van der Waals surface area contributed by atoms with E-state index in [9.17, 15) is 0 Å². The van der Waals surface area contributed by atoms with Crippen molar-refractivity contribution in [3.05, 3.63) is 0 Å². The second-order valence-electron chi connectivity index (χ2n) is 4.33. The zero-order chi connectivity index (χ0) is 11.6. The van der Waals surface area contributed by atoms with Crippen LogP contribution in [0.3, 0.4) is 0 Å². The largest absolute Gasteiger partial charge is 0.356 e. The number of nitrogens with zero attached hydrogens (tertiary/aromatic N) is 2. The molecule has 0 spiro atoms. The van der Waals surface area contributed by atoms with Crippen molar-refractivity contribution in [3.8, 4) is 0 Å². The van der Waals surface area contributed by atoms with Gasteiger partial charge in [-0.2, -0.15) is 0 Å². The van der Waals surface area contributed by atoms with Gasteiger partial charge >= 0.3 is 0 Å². The van der Waals surface area contributed by atoms with E-state index in [4.69, 9.17) is 0 Å². The van der Waals surface area contributed by atoms with E-state index in [2.05, 4.69) is 27.4 Å². The third-order valence-electron chi connectivity index (χ3n) is 2.94. The van der Waals surface area contributed by atoms with Crippen molar-refractivity contribution in [2.75, 3.05) is 39.8 Å². The molecule has 0 aromatic carbocycles. The van der Waals surface area contributed by atoms with Gasteiger partial charge in [-0.3, -0.25) is 4.99 Å². The molecule has 0 aromatic rings. The van der Waals surface area contributed by atoms with E-state index in [1.54, 1.807) is 0 Å². The van der Waals surface area contributed by atoms with Crippen LogP contribution in [0.1, 0.15) is 32.6 Å². The van der Waals surface area contributed by atoms with Crippen molar-refractivity contribution in [2.24, 2.45) is 4.99 Å². The number of guanidine groups is 1. The molecule has 4 nitrogen and oxygen atoms in total. The Morgan fingerprint density at radius 1 is 1.12 bits per heavy atom. The molecule has 1 aliphatic heterocycles. The van der Waals surface area contributed by atoms with Crippen LogP contribution in [0.4, 0.5) is 0 Å². The highest BCUT2D eigenvalue weighted by atomic mass is 127. The van der Waals surface area contributed by atoms with E-state index in [0.717, 1.165) is 32.0 Å². The van der Waals surface area contributed by atoms with Crippen LogP contribution < -0.4 is 10.6 Å². The lowest BCUT2D eigenvalue weighted by Crippen LogP contribution is -2.42. The Labute approximate surface area is 123 Å². The smallest absolute Gasteiger partial charge is 0.191 e. The number of piperidine rings is 1. The summed E-state index contributed by atoms with van der Waals surface area (Å²) in [6.45, 7) is 7.80. The van der Waals surface area contributed by atoms with Gasteiger partial charge in [0.25, 0.3) is 0 Å². The number of halogens is 1. The zero-order valence-electron chi connectivity index (χ0n) is 11.2. The number of rotatable bonds is 5. The Morgan fingerprint density at radius 2 is 1.76 bits per heavy atom. The van der Waals surface area contributed by atoms with E-state index >= 15 is 0 Å². The van der Waals surface area contributed by atoms with Crippen LogP contribution in [0.2, 0.25) is 0 Å². The zero-order valence-corrected chi connectivity index (χ0v) is 13.5. The van der Waals surface area contributed by atoms with Gasteiger partial charge in [0.1, 0.15) is 0 Å². The number of nitrogens with one attached hydrogen (secondary N) is 2. The van der Waals surface area contributed by atoms with Crippen molar-refractivity contribution >= 4 is 29.9 Å². The first-order chi connectivity index (χ1) is 7.86. The quantitative estimate of drug-likeness (QED) is 0.448. The van der Waals surface area contributed by atoms with Gasteiger partial charge in [-0.25, -0.2) is 0 Å². The van der Waals surface area contributed by atoms with Gasteiger partial charge in [-0.05, 0) is 32.4 Å². The lowest BCUT2D eigenvalue weighted by Gasteiger charge is -2.26. The third-order valence-corrected chi connectivity index (χ3v) is 2.94. The van der Waals surface area contributed by atoms with Gasteiger partial charge in [0.2, 0.25) is 0 Å².